The summed E-state index contributed by atoms with van der Waals surface area (Å²) in [5, 5.41) is 23.1. The number of hydrogen-bond donors (Lipinski definition) is 3. The predicted molar refractivity (Wildman–Crippen MR) is 278 cm³/mol. The number of ether oxygens (including phenoxy) is 1. The van der Waals surface area contributed by atoms with E-state index in [2.05, 4.69) is 43.5 Å². The first-order chi connectivity index (χ1) is 31.5. The summed E-state index contributed by atoms with van der Waals surface area (Å²) in [7, 11) is 0. The van der Waals surface area contributed by atoms with E-state index in [9.17, 15) is 19.8 Å². The van der Waals surface area contributed by atoms with Crippen LogP contribution in [0, 0.1) is 0 Å². The van der Waals surface area contributed by atoms with E-state index in [0.29, 0.717) is 19.4 Å². The standard InChI is InChI=1S/C58H109NO5/c1-3-5-7-9-11-13-15-17-23-28-32-36-40-44-48-52-58(63)64-53-49-45-41-37-33-29-25-22-20-19-21-24-27-31-35-39-43-47-51-57(62)59-55(54-60)56(61)50-46-42-38-34-30-26-18-16-14-12-10-8-6-4-2/h11,13,17,23,46,50,55-56,60-61H,3-10,12,14-16,18-22,24-45,47-49,51-54H2,1-2H3,(H,59,62)/b13-11-,23-17-,50-46+. The summed E-state index contributed by atoms with van der Waals surface area (Å²) in [5.41, 5.74) is 0. The van der Waals surface area contributed by atoms with Gasteiger partial charge in [-0.3, -0.25) is 9.59 Å². The van der Waals surface area contributed by atoms with Gasteiger partial charge >= 0.3 is 5.97 Å². The van der Waals surface area contributed by atoms with Crippen LogP contribution >= 0.6 is 0 Å². The number of rotatable bonds is 52. The molecule has 0 aromatic heterocycles. The van der Waals surface area contributed by atoms with Crippen molar-refractivity contribution in [2.75, 3.05) is 13.2 Å². The summed E-state index contributed by atoms with van der Waals surface area (Å²) in [6, 6.07) is -0.631. The Kier molecular flexibility index (Phi) is 52.1. The van der Waals surface area contributed by atoms with Crippen LogP contribution in [-0.2, 0) is 14.3 Å². The lowest BCUT2D eigenvalue weighted by atomic mass is 10.0. The van der Waals surface area contributed by atoms with E-state index in [1.807, 2.05) is 6.08 Å². The lowest BCUT2D eigenvalue weighted by Gasteiger charge is -2.20. The molecule has 0 aromatic carbocycles. The first-order valence-electron chi connectivity index (χ1n) is 28.3. The van der Waals surface area contributed by atoms with Crippen molar-refractivity contribution in [2.45, 2.75) is 309 Å². The Balaban J connectivity index is 3.44. The fourth-order valence-electron chi connectivity index (χ4n) is 8.55. The van der Waals surface area contributed by atoms with Crippen molar-refractivity contribution < 1.29 is 24.5 Å². The molecule has 0 spiro atoms. The number of unbranched alkanes of at least 4 members (excludes halogenated alkanes) is 37. The van der Waals surface area contributed by atoms with Crippen LogP contribution in [0.5, 0.6) is 0 Å². The fraction of sp³-hybridized carbons (Fsp3) is 0.862. The number of carbonyl (C=O) groups is 2. The van der Waals surface area contributed by atoms with Crippen molar-refractivity contribution >= 4 is 11.9 Å². The molecule has 6 heteroatoms. The largest absolute Gasteiger partial charge is 0.466 e. The van der Waals surface area contributed by atoms with Gasteiger partial charge in [-0.05, 0) is 64.2 Å². The van der Waals surface area contributed by atoms with Gasteiger partial charge in [0, 0.05) is 12.8 Å². The van der Waals surface area contributed by atoms with Crippen LogP contribution in [0.25, 0.3) is 0 Å². The van der Waals surface area contributed by atoms with Gasteiger partial charge in [-0.15, -0.1) is 0 Å². The van der Waals surface area contributed by atoms with E-state index in [-0.39, 0.29) is 18.5 Å². The maximum Gasteiger partial charge on any atom is 0.305 e. The summed E-state index contributed by atoms with van der Waals surface area (Å²) in [4.78, 5) is 24.5. The number of amides is 1. The molecule has 2 atom stereocenters. The van der Waals surface area contributed by atoms with Crippen molar-refractivity contribution in [3.63, 3.8) is 0 Å². The maximum absolute atomic E-state index is 12.4. The molecule has 0 bridgehead atoms. The zero-order chi connectivity index (χ0) is 46.5. The van der Waals surface area contributed by atoms with Gasteiger partial charge in [0.05, 0.1) is 25.4 Å². The molecule has 6 nitrogen and oxygen atoms in total. The molecule has 2 unspecified atom stereocenters. The van der Waals surface area contributed by atoms with Gasteiger partial charge in [0.2, 0.25) is 5.91 Å². The van der Waals surface area contributed by atoms with E-state index < -0.39 is 12.1 Å². The second-order valence-corrected chi connectivity index (χ2v) is 19.3. The molecule has 0 aliphatic heterocycles. The SMILES string of the molecule is CCCCC/C=C\C/C=C\CCCCCCCC(=O)OCCCCCCCCCCCCCCCCCCCCC(=O)NC(CO)C(O)/C=C/CCCCCCCCCCCCCC. The number of aliphatic hydroxyl groups excluding tert-OH is 2. The van der Waals surface area contributed by atoms with Crippen LogP contribution in [0.4, 0.5) is 0 Å². The summed E-state index contributed by atoms with van der Waals surface area (Å²) in [6.45, 7) is 4.86. The number of hydrogen-bond acceptors (Lipinski definition) is 5. The number of carbonyl (C=O) groups excluding carboxylic acids is 2. The topological polar surface area (TPSA) is 95.9 Å². The highest BCUT2D eigenvalue weighted by molar-refractivity contribution is 5.76. The van der Waals surface area contributed by atoms with Gasteiger partial charge in [-0.25, -0.2) is 0 Å². The third kappa shape index (κ3) is 49.5. The van der Waals surface area contributed by atoms with Gasteiger partial charge in [-0.1, -0.05) is 256 Å². The van der Waals surface area contributed by atoms with Crippen molar-refractivity contribution in [3.05, 3.63) is 36.5 Å². The van der Waals surface area contributed by atoms with Gasteiger partial charge in [0.25, 0.3) is 0 Å². The minimum atomic E-state index is -0.847. The Bertz CT molecular complexity index is 1040. The van der Waals surface area contributed by atoms with E-state index in [1.54, 1.807) is 6.08 Å². The maximum atomic E-state index is 12.4. The minimum Gasteiger partial charge on any atom is -0.466 e. The molecule has 0 fully saturated rings. The molecule has 0 rings (SSSR count). The number of aliphatic hydroxyl groups is 2. The van der Waals surface area contributed by atoms with Gasteiger partial charge in [0.15, 0.2) is 0 Å². The second kappa shape index (κ2) is 53.7. The van der Waals surface area contributed by atoms with Gasteiger partial charge in [-0.2, -0.15) is 0 Å². The molecular formula is C58H109NO5. The zero-order valence-corrected chi connectivity index (χ0v) is 42.8. The molecular weight excluding hydrogens is 791 g/mol. The summed E-state index contributed by atoms with van der Waals surface area (Å²) < 4.78 is 5.47. The number of allylic oxidation sites excluding steroid dienone is 5. The van der Waals surface area contributed by atoms with E-state index >= 15 is 0 Å². The molecule has 0 radical (unpaired) electrons. The fourth-order valence-corrected chi connectivity index (χ4v) is 8.55. The lowest BCUT2D eigenvalue weighted by molar-refractivity contribution is -0.143. The average Bonchev–Trinajstić information content (AvgIpc) is 3.29. The lowest BCUT2D eigenvalue weighted by Crippen LogP contribution is -2.45. The van der Waals surface area contributed by atoms with Gasteiger partial charge < -0.3 is 20.3 Å². The Hall–Kier alpha value is -1.92. The van der Waals surface area contributed by atoms with Crippen LogP contribution in [0.3, 0.4) is 0 Å². The summed E-state index contributed by atoms with van der Waals surface area (Å²) in [5.74, 6) is -0.0801. The molecule has 0 aromatic rings. The van der Waals surface area contributed by atoms with Crippen molar-refractivity contribution in [2.24, 2.45) is 0 Å². The Labute approximate surface area is 398 Å². The normalized spacial score (nSPS) is 12.9. The molecule has 0 aliphatic carbocycles. The van der Waals surface area contributed by atoms with Crippen LogP contribution in [0.2, 0.25) is 0 Å². The van der Waals surface area contributed by atoms with Crippen LogP contribution < -0.4 is 5.32 Å². The molecule has 0 saturated heterocycles. The first-order valence-corrected chi connectivity index (χ1v) is 28.3. The van der Waals surface area contributed by atoms with Crippen molar-refractivity contribution in [3.8, 4) is 0 Å². The highest BCUT2D eigenvalue weighted by Crippen LogP contribution is 2.16. The first kappa shape index (κ1) is 62.1. The average molecular weight is 901 g/mol. The molecule has 0 aliphatic rings. The molecule has 376 valence electrons. The highest BCUT2D eigenvalue weighted by Gasteiger charge is 2.18. The third-order valence-corrected chi connectivity index (χ3v) is 12.9. The molecule has 1 amide bonds. The van der Waals surface area contributed by atoms with Gasteiger partial charge in [0.1, 0.15) is 0 Å². The second-order valence-electron chi connectivity index (χ2n) is 19.3. The third-order valence-electron chi connectivity index (χ3n) is 12.9. The Morgan fingerprint density at radius 3 is 1.22 bits per heavy atom. The number of nitrogens with one attached hydrogen (secondary N) is 1. The van der Waals surface area contributed by atoms with E-state index in [4.69, 9.17) is 4.74 Å². The van der Waals surface area contributed by atoms with E-state index in [1.165, 1.54) is 218 Å². The van der Waals surface area contributed by atoms with Crippen molar-refractivity contribution in [1.82, 2.24) is 5.32 Å². The predicted octanol–water partition coefficient (Wildman–Crippen LogP) is 17.2. The van der Waals surface area contributed by atoms with E-state index in [0.717, 1.165) is 51.4 Å². The highest BCUT2D eigenvalue weighted by atomic mass is 16.5. The van der Waals surface area contributed by atoms with Crippen LogP contribution in [-0.4, -0.2) is 47.4 Å². The van der Waals surface area contributed by atoms with Crippen LogP contribution in [0.15, 0.2) is 36.5 Å². The van der Waals surface area contributed by atoms with Crippen LogP contribution in [0.1, 0.15) is 296 Å². The molecule has 64 heavy (non-hydrogen) atoms. The Morgan fingerprint density at radius 1 is 0.438 bits per heavy atom. The Morgan fingerprint density at radius 2 is 0.781 bits per heavy atom. The minimum absolute atomic E-state index is 0.00781. The smallest absolute Gasteiger partial charge is 0.305 e. The quantitative estimate of drug-likeness (QED) is 0.0321. The monoisotopic (exact) mass is 900 g/mol. The zero-order valence-electron chi connectivity index (χ0n) is 42.8. The van der Waals surface area contributed by atoms with Crippen molar-refractivity contribution in [1.29, 1.82) is 0 Å². The number of esters is 1. The summed E-state index contributed by atoms with van der Waals surface area (Å²) in [6.07, 6.45) is 65.8. The molecule has 0 heterocycles. The summed E-state index contributed by atoms with van der Waals surface area (Å²) >= 11 is 0. The molecule has 0 saturated carbocycles. The molecule has 3 N–H and O–H groups in total.